The summed E-state index contributed by atoms with van der Waals surface area (Å²) >= 11 is 1.80. The molecule has 2 N–H and O–H groups in total. The molecule has 1 aromatic carbocycles. The number of guanidine groups is 1. The summed E-state index contributed by atoms with van der Waals surface area (Å²) in [5.74, 6) is 1.03. The lowest BCUT2D eigenvalue weighted by Crippen LogP contribution is -2.39. The van der Waals surface area contributed by atoms with Gasteiger partial charge in [-0.2, -0.15) is 11.8 Å². The first kappa shape index (κ1) is 20.3. The Morgan fingerprint density at radius 3 is 2.65 bits per heavy atom. The highest BCUT2D eigenvalue weighted by Crippen LogP contribution is 2.21. The van der Waals surface area contributed by atoms with Gasteiger partial charge in [0.15, 0.2) is 5.96 Å². The lowest BCUT2D eigenvalue weighted by Gasteiger charge is -2.20. The number of benzene rings is 1. The van der Waals surface area contributed by atoms with E-state index >= 15 is 0 Å². The zero-order valence-corrected chi connectivity index (χ0v) is 16.6. The van der Waals surface area contributed by atoms with E-state index in [4.69, 9.17) is 4.42 Å². The first-order valence-corrected chi connectivity index (χ1v) is 9.93. The molecule has 0 aliphatic carbocycles. The fourth-order valence-corrected chi connectivity index (χ4v) is 2.33. The molecular formula is C19H27FN4OS. The molecule has 0 amide bonds. The maximum atomic E-state index is 13.0. The van der Waals surface area contributed by atoms with Crippen molar-refractivity contribution in [3.8, 4) is 11.5 Å². The molecule has 0 aliphatic heterocycles. The molecule has 2 rings (SSSR count). The Morgan fingerprint density at radius 2 is 2.00 bits per heavy atom. The molecule has 0 radical (unpaired) electrons. The number of hydrogen-bond acceptors (Lipinski definition) is 4. The van der Waals surface area contributed by atoms with E-state index in [1.807, 2.05) is 6.92 Å². The summed E-state index contributed by atoms with van der Waals surface area (Å²) in [7, 11) is 0. The van der Waals surface area contributed by atoms with Gasteiger partial charge in [0.25, 0.3) is 0 Å². The van der Waals surface area contributed by atoms with Crippen LogP contribution in [0.1, 0.15) is 26.5 Å². The number of thioether (sulfide) groups is 1. The molecule has 0 unspecified atom stereocenters. The molecule has 0 saturated carbocycles. The third-order valence-corrected chi connectivity index (χ3v) is 5.07. The largest absolute Gasteiger partial charge is 0.444 e. The van der Waals surface area contributed by atoms with Crippen LogP contribution in [0.2, 0.25) is 0 Å². The van der Waals surface area contributed by atoms with Crippen molar-refractivity contribution in [3.63, 3.8) is 0 Å². The standard InChI is InChI=1S/C19H27FN4OS/c1-5-21-18(23-13-19(2,3)26-4)22-11-10-16-12-25-17(24-16)14-6-8-15(20)9-7-14/h6-9,12H,5,10-11,13H2,1-4H3,(H2,21,22,23). The SMILES string of the molecule is CCNC(=NCC(C)(C)SC)NCCc1coc(-c2ccc(F)cc2)n1. The van der Waals surface area contributed by atoms with Crippen LogP contribution in [-0.4, -0.2) is 41.6 Å². The topological polar surface area (TPSA) is 62.5 Å². The van der Waals surface area contributed by atoms with Gasteiger partial charge in [0.2, 0.25) is 5.89 Å². The summed E-state index contributed by atoms with van der Waals surface area (Å²) in [6, 6.07) is 6.12. The summed E-state index contributed by atoms with van der Waals surface area (Å²) in [4.78, 5) is 9.10. The van der Waals surface area contributed by atoms with E-state index in [1.54, 1.807) is 30.2 Å². The van der Waals surface area contributed by atoms with Gasteiger partial charge in [-0.1, -0.05) is 0 Å². The minimum Gasteiger partial charge on any atom is -0.444 e. The number of aliphatic imine (C=N–C) groups is 1. The van der Waals surface area contributed by atoms with E-state index in [0.29, 0.717) is 18.9 Å². The molecule has 0 saturated heterocycles. The van der Waals surface area contributed by atoms with Gasteiger partial charge in [-0.3, -0.25) is 4.99 Å². The van der Waals surface area contributed by atoms with Gasteiger partial charge in [0.1, 0.15) is 12.1 Å². The average Bonchev–Trinajstić information content (AvgIpc) is 3.09. The summed E-state index contributed by atoms with van der Waals surface area (Å²) in [6.07, 6.45) is 4.45. The summed E-state index contributed by atoms with van der Waals surface area (Å²) in [5, 5.41) is 6.57. The first-order valence-electron chi connectivity index (χ1n) is 8.71. The summed E-state index contributed by atoms with van der Waals surface area (Å²) < 4.78 is 18.6. The van der Waals surface area contributed by atoms with Crippen molar-refractivity contribution in [1.82, 2.24) is 15.6 Å². The Morgan fingerprint density at radius 1 is 1.27 bits per heavy atom. The molecule has 1 heterocycles. The Kier molecular flexibility index (Phi) is 7.50. The van der Waals surface area contributed by atoms with Gasteiger partial charge >= 0.3 is 0 Å². The van der Waals surface area contributed by atoms with Gasteiger partial charge < -0.3 is 15.1 Å². The van der Waals surface area contributed by atoms with Crippen LogP contribution in [0.5, 0.6) is 0 Å². The second-order valence-corrected chi connectivity index (χ2v) is 8.00. The second-order valence-electron chi connectivity index (χ2n) is 6.49. The van der Waals surface area contributed by atoms with E-state index in [1.165, 1.54) is 12.1 Å². The number of oxazole rings is 1. The van der Waals surface area contributed by atoms with E-state index in [9.17, 15) is 4.39 Å². The van der Waals surface area contributed by atoms with Gasteiger partial charge in [0.05, 0.1) is 12.2 Å². The molecule has 0 atom stereocenters. The minimum atomic E-state index is -0.273. The monoisotopic (exact) mass is 378 g/mol. The van der Waals surface area contributed by atoms with Gasteiger partial charge in [-0.05, 0) is 51.3 Å². The Bertz CT molecular complexity index is 713. The Hall–Kier alpha value is -2.02. The van der Waals surface area contributed by atoms with Crippen LogP contribution in [0.15, 0.2) is 39.9 Å². The Balaban J connectivity index is 1.89. The third kappa shape index (κ3) is 6.37. The van der Waals surface area contributed by atoms with Crippen molar-refractivity contribution in [3.05, 3.63) is 42.0 Å². The third-order valence-electron chi connectivity index (χ3n) is 3.83. The van der Waals surface area contributed by atoms with Crippen molar-refractivity contribution in [2.45, 2.75) is 31.9 Å². The van der Waals surface area contributed by atoms with Crippen molar-refractivity contribution < 1.29 is 8.81 Å². The van der Waals surface area contributed by atoms with Crippen LogP contribution >= 0.6 is 11.8 Å². The molecule has 0 bridgehead atoms. The smallest absolute Gasteiger partial charge is 0.226 e. The minimum absolute atomic E-state index is 0.110. The second kappa shape index (κ2) is 9.62. The fraction of sp³-hybridized carbons (Fsp3) is 0.474. The van der Waals surface area contributed by atoms with E-state index < -0.39 is 0 Å². The molecule has 0 aliphatic rings. The molecule has 26 heavy (non-hydrogen) atoms. The maximum Gasteiger partial charge on any atom is 0.226 e. The summed E-state index contributed by atoms with van der Waals surface area (Å²) in [5.41, 5.74) is 1.61. The molecule has 0 fully saturated rings. The highest BCUT2D eigenvalue weighted by molar-refractivity contribution is 7.99. The number of nitrogens with one attached hydrogen (secondary N) is 2. The molecule has 142 valence electrons. The van der Waals surface area contributed by atoms with E-state index in [-0.39, 0.29) is 10.6 Å². The highest BCUT2D eigenvalue weighted by atomic mass is 32.2. The van der Waals surface area contributed by atoms with Crippen molar-refractivity contribution >= 4 is 17.7 Å². The number of hydrogen-bond donors (Lipinski definition) is 2. The van der Waals surface area contributed by atoms with Crippen molar-refractivity contribution in [1.29, 1.82) is 0 Å². The van der Waals surface area contributed by atoms with Crippen LogP contribution in [0.4, 0.5) is 4.39 Å². The number of nitrogens with zero attached hydrogens (tertiary/aromatic N) is 2. The Labute approximate surface area is 158 Å². The zero-order valence-electron chi connectivity index (χ0n) is 15.8. The van der Waals surface area contributed by atoms with E-state index in [0.717, 1.165) is 30.3 Å². The fourth-order valence-electron chi connectivity index (χ4n) is 2.13. The quantitative estimate of drug-likeness (QED) is 0.541. The predicted molar refractivity (Wildman–Crippen MR) is 107 cm³/mol. The predicted octanol–water partition coefficient (Wildman–Crippen LogP) is 3.72. The number of aromatic nitrogens is 1. The molecule has 7 heteroatoms. The molecule has 2 aromatic rings. The number of halogens is 1. The molecule has 0 spiro atoms. The van der Waals surface area contributed by atoms with E-state index in [2.05, 4.69) is 40.7 Å². The van der Waals surface area contributed by atoms with Gasteiger partial charge in [-0.25, -0.2) is 9.37 Å². The van der Waals surface area contributed by atoms with Crippen LogP contribution in [0.25, 0.3) is 11.5 Å². The summed E-state index contributed by atoms with van der Waals surface area (Å²) in [6.45, 7) is 8.64. The van der Waals surface area contributed by atoms with Crippen LogP contribution in [0, 0.1) is 5.82 Å². The van der Waals surface area contributed by atoms with Gasteiger partial charge in [-0.15, -0.1) is 0 Å². The molecule has 1 aromatic heterocycles. The van der Waals surface area contributed by atoms with Crippen LogP contribution in [-0.2, 0) is 6.42 Å². The average molecular weight is 379 g/mol. The zero-order chi connectivity index (χ0) is 19.0. The van der Waals surface area contributed by atoms with Gasteiger partial charge in [0, 0.05) is 29.8 Å². The lowest BCUT2D eigenvalue weighted by molar-refractivity contribution is 0.571. The van der Waals surface area contributed by atoms with Crippen LogP contribution < -0.4 is 10.6 Å². The molecular weight excluding hydrogens is 351 g/mol. The lowest BCUT2D eigenvalue weighted by atomic mass is 10.2. The van der Waals surface area contributed by atoms with Crippen LogP contribution in [0.3, 0.4) is 0 Å². The maximum absolute atomic E-state index is 13.0. The van der Waals surface area contributed by atoms with Crippen molar-refractivity contribution in [2.24, 2.45) is 4.99 Å². The highest BCUT2D eigenvalue weighted by Gasteiger charge is 2.15. The number of rotatable bonds is 8. The molecule has 5 nitrogen and oxygen atoms in total. The first-order chi connectivity index (χ1) is 12.4. The van der Waals surface area contributed by atoms with Crippen molar-refractivity contribution in [2.75, 3.05) is 25.9 Å². The normalized spacial score (nSPS) is 12.3.